The number of rotatable bonds is 4. The van der Waals surface area contributed by atoms with Gasteiger partial charge in [0, 0.05) is 5.41 Å². The zero-order chi connectivity index (χ0) is 27.9. The molecule has 2 bridgehead atoms. The Kier molecular flexibility index (Phi) is 7.74. The molecule has 0 aromatic heterocycles. The zero-order valence-corrected chi connectivity index (χ0v) is 24.7. The molecule has 5 rings (SSSR count). The van der Waals surface area contributed by atoms with Crippen LogP contribution in [0.3, 0.4) is 0 Å². The number of fused-ring (bicyclic) bond motifs is 2. The number of carbonyl (C=O) groups is 1. The van der Waals surface area contributed by atoms with Crippen LogP contribution in [0.15, 0.2) is 99.6 Å². The Labute approximate surface area is 231 Å². The van der Waals surface area contributed by atoms with Crippen molar-refractivity contribution < 1.29 is 17.8 Å². The summed E-state index contributed by atoms with van der Waals surface area (Å²) in [6, 6.07) is 30.7. The number of Topliss-reactive ketones (excluding diaryl/α,β-unsaturated/α-hetero) is 1. The molecule has 0 spiro atoms. The maximum Gasteiger partial charge on any atom is 0.166 e. The Hall–Kier alpha value is -2.41. The fraction of sp³-hybridized carbons (Fsp3) is 0.406. The summed E-state index contributed by atoms with van der Waals surface area (Å²) in [7, 11) is -4.54. The lowest BCUT2D eigenvalue weighted by Gasteiger charge is -2.32. The molecule has 2 fully saturated rings. The van der Waals surface area contributed by atoms with Crippen LogP contribution in [0.2, 0.25) is 0 Å². The molecular weight excluding hydrogens is 512 g/mol. The lowest BCUT2D eigenvalue weighted by Crippen LogP contribution is -2.38. The molecule has 3 aromatic rings. The number of carbonyl (C=O) groups excluding carboxylic acids is 1. The molecule has 0 aliphatic heterocycles. The number of hydrogen-bond donors (Lipinski definition) is 0. The molecule has 38 heavy (non-hydrogen) atoms. The van der Waals surface area contributed by atoms with Crippen LogP contribution >= 0.6 is 0 Å². The van der Waals surface area contributed by atoms with E-state index in [9.17, 15) is 17.8 Å². The molecule has 3 unspecified atom stereocenters. The summed E-state index contributed by atoms with van der Waals surface area (Å²) < 4.78 is 33.3. The SMILES string of the molecule is CC(C)(C)c1ccc([S+](c2ccccc2)c2ccccc2)cc1.CC12CCC(C(S(=O)(=O)[O-])C1=O)C2(C)C. The van der Waals surface area contributed by atoms with Gasteiger partial charge in [-0.3, -0.25) is 4.79 Å². The van der Waals surface area contributed by atoms with Crippen molar-refractivity contribution in [3.8, 4) is 0 Å². The summed E-state index contributed by atoms with van der Waals surface area (Å²) in [5.74, 6) is -0.656. The van der Waals surface area contributed by atoms with Gasteiger partial charge in [0.25, 0.3) is 0 Å². The van der Waals surface area contributed by atoms with Gasteiger partial charge < -0.3 is 4.55 Å². The highest BCUT2D eigenvalue weighted by molar-refractivity contribution is 7.97. The van der Waals surface area contributed by atoms with Crippen LogP contribution in [0.1, 0.15) is 59.9 Å². The number of hydrogen-bond acceptors (Lipinski definition) is 4. The molecule has 4 nitrogen and oxygen atoms in total. The minimum atomic E-state index is -4.49. The van der Waals surface area contributed by atoms with Crippen molar-refractivity contribution in [3.05, 3.63) is 90.5 Å². The van der Waals surface area contributed by atoms with E-state index < -0.39 is 20.8 Å². The van der Waals surface area contributed by atoms with Crippen molar-refractivity contribution in [2.75, 3.05) is 0 Å². The number of ketones is 1. The Morgan fingerprint density at radius 1 is 0.789 bits per heavy atom. The third-order valence-electron chi connectivity index (χ3n) is 8.70. The predicted molar refractivity (Wildman–Crippen MR) is 153 cm³/mol. The van der Waals surface area contributed by atoms with E-state index in [0.29, 0.717) is 12.8 Å². The summed E-state index contributed by atoms with van der Waals surface area (Å²) >= 11 is 0. The molecule has 6 heteroatoms. The average molecular weight is 551 g/mol. The second kappa shape index (κ2) is 10.3. The van der Waals surface area contributed by atoms with E-state index in [1.165, 1.54) is 20.2 Å². The standard InChI is InChI=1S/C22H23S.C10H16O4S/c1-22(2,3)18-14-16-21(17-15-18)23(19-10-6-4-7-11-19)20-12-8-5-9-13-20;1-9(2)6-4-5-10(9,3)8(11)7(6)15(12,13)14/h4-17H,1-3H3;6-7H,4-5H2,1-3H3,(H,12,13,14)/q+1;/p-1. The molecule has 3 atom stereocenters. The van der Waals surface area contributed by atoms with Crippen molar-refractivity contribution in [1.29, 1.82) is 0 Å². The van der Waals surface area contributed by atoms with E-state index in [0.717, 1.165) is 0 Å². The second-order valence-corrected chi connectivity index (χ2v) is 15.7. The molecular formula is C32H38O4S2. The van der Waals surface area contributed by atoms with Gasteiger partial charge in [-0.1, -0.05) is 90.1 Å². The first kappa shape index (κ1) is 28.6. The van der Waals surface area contributed by atoms with Gasteiger partial charge >= 0.3 is 0 Å². The van der Waals surface area contributed by atoms with Crippen LogP contribution < -0.4 is 0 Å². The maximum absolute atomic E-state index is 12.0. The fourth-order valence-electron chi connectivity index (χ4n) is 5.95. The van der Waals surface area contributed by atoms with E-state index in [2.05, 4.69) is 106 Å². The Bertz CT molecular complexity index is 1340. The van der Waals surface area contributed by atoms with Crippen molar-refractivity contribution in [1.82, 2.24) is 0 Å². The summed E-state index contributed by atoms with van der Waals surface area (Å²) in [5, 5.41) is -1.30. The van der Waals surface area contributed by atoms with E-state index in [-0.39, 0.29) is 33.4 Å². The molecule has 0 amide bonds. The van der Waals surface area contributed by atoms with Gasteiger partial charge in [-0.25, -0.2) is 8.42 Å². The van der Waals surface area contributed by atoms with Crippen LogP contribution in [0.5, 0.6) is 0 Å². The first-order chi connectivity index (χ1) is 17.7. The third kappa shape index (κ3) is 5.23. The van der Waals surface area contributed by atoms with Gasteiger partial charge in [-0.05, 0) is 71.6 Å². The zero-order valence-electron chi connectivity index (χ0n) is 23.1. The van der Waals surface area contributed by atoms with Crippen molar-refractivity contribution >= 4 is 26.8 Å². The number of benzene rings is 3. The molecule has 0 heterocycles. The summed E-state index contributed by atoms with van der Waals surface area (Å²) in [4.78, 5) is 16.1. The molecule has 202 valence electrons. The summed E-state index contributed by atoms with van der Waals surface area (Å²) in [6.07, 6.45) is 1.37. The van der Waals surface area contributed by atoms with Gasteiger partial charge in [-0.2, -0.15) is 0 Å². The lowest BCUT2D eigenvalue weighted by atomic mass is 9.70. The lowest BCUT2D eigenvalue weighted by molar-refractivity contribution is -0.128. The van der Waals surface area contributed by atoms with E-state index in [1.54, 1.807) is 6.92 Å². The molecule has 0 radical (unpaired) electrons. The quantitative estimate of drug-likeness (QED) is 0.259. The van der Waals surface area contributed by atoms with Crippen LogP contribution in [0.25, 0.3) is 0 Å². The van der Waals surface area contributed by atoms with Gasteiger partial charge in [0.1, 0.15) is 15.4 Å². The van der Waals surface area contributed by atoms with E-state index >= 15 is 0 Å². The van der Waals surface area contributed by atoms with Crippen LogP contribution in [-0.2, 0) is 31.2 Å². The van der Waals surface area contributed by atoms with Crippen LogP contribution in [-0.4, -0.2) is 24.0 Å². The highest BCUT2D eigenvalue weighted by atomic mass is 32.2. The van der Waals surface area contributed by atoms with Crippen molar-refractivity contribution in [2.45, 2.75) is 79.7 Å². The minimum Gasteiger partial charge on any atom is -0.747 e. The smallest absolute Gasteiger partial charge is 0.166 e. The maximum atomic E-state index is 12.0. The Balaban J connectivity index is 0.000000194. The molecule has 0 N–H and O–H groups in total. The second-order valence-electron chi connectivity index (χ2n) is 12.2. The molecule has 0 saturated heterocycles. The monoisotopic (exact) mass is 550 g/mol. The van der Waals surface area contributed by atoms with Crippen molar-refractivity contribution in [2.24, 2.45) is 16.7 Å². The fourth-order valence-corrected chi connectivity index (χ4v) is 9.43. The first-order valence-electron chi connectivity index (χ1n) is 13.1. The molecule has 2 aliphatic rings. The normalized spacial score (nSPS) is 24.3. The third-order valence-corrected chi connectivity index (χ3v) is 12.1. The molecule has 3 aromatic carbocycles. The Morgan fingerprint density at radius 3 is 1.58 bits per heavy atom. The largest absolute Gasteiger partial charge is 0.747 e. The minimum absolute atomic E-state index is 0.0497. The first-order valence-corrected chi connectivity index (χ1v) is 15.8. The highest BCUT2D eigenvalue weighted by Gasteiger charge is 2.67. The Morgan fingerprint density at radius 2 is 1.24 bits per heavy atom. The predicted octanol–water partition coefficient (Wildman–Crippen LogP) is 7.00. The van der Waals surface area contributed by atoms with Gasteiger partial charge in [0.15, 0.2) is 20.5 Å². The summed E-state index contributed by atoms with van der Waals surface area (Å²) in [6.45, 7) is 12.4. The van der Waals surface area contributed by atoms with Crippen molar-refractivity contribution in [3.63, 3.8) is 0 Å². The van der Waals surface area contributed by atoms with E-state index in [1.807, 2.05) is 13.8 Å². The summed E-state index contributed by atoms with van der Waals surface area (Å²) in [5.41, 5.74) is 0.578. The topological polar surface area (TPSA) is 74.3 Å². The molecule has 2 saturated carbocycles. The van der Waals surface area contributed by atoms with Crippen LogP contribution in [0.4, 0.5) is 0 Å². The van der Waals surface area contributed by atoms with Gasteiger partial charge in [-0.15, -0.1) is 0 Å². The van der Waals surface area contributed by atoms with Gasteiger partial charge in [0.2, 0.25) is 0 Å². The van der Waals surface area contributed by atoms with Gasteiger partial charge in [0.05, 0.1) is 10.9 Å². The van der Waals surface area contributed by atoms with E-state index in [4.69, 9.17) is 0 Å². The molecule has 2 aliphatic carbocycles. The average Bonchev–Trinajstić information content (AvgIpc) is 3.18. The highest BCUT2D eigenvalue weighted by Crippen LogP contribution is 2.64. The van der Waals surface area contributed by atoms with Crippen LogP contribution in [0, 0.1) is 16.7 Å².